The van der Waals surface area contributed by atoms with Crippen LogP contribution >= 0.6 is 0 Å². The van der Waals surface area contributed by atoms with Crippen LogP contribution < -0.4 is 0 Å². The second-order valence-corrected chi connectivity index (χ2v) is 3.50. The highest BCUT2D eigenvalue weighted by Gasteiger charge is 2.24. The van der Waals surface area contributed by atoms with Gasteiger partial charge in [-0.3, -0.25) is 0 Å². The van der Waals surface area contributed by atoms with Gasteiger partial charge in [-0.2, -0.15) is 0 Å². The fourth-order valence-electron chi connectivity index (χ4n) is 1.85. The summed E-state index contributed by atoms with van der Waals surface area (Å²) in [6, 6.07) is 0. The van der Waals surface area contributed by atoms with Crippen molar-refractivity contribution in [3.8, 4) is 0 Å². The first-order valence-electron chi connectivity index (χ1n) is 3.97. The van der Waals surface area contributed by atoms with E-state index < -0.39 is 0 Å². The molecule has 0 heterocycles. The number of hydrogen-bond donors (Lipinski definition) is 0. The molecule has 0 aromatic rings. The Balaban J connectivity index is 2.40. The van der Waals surface area contributed by atoms with Crippen LogP contribution in [0.25, 0.3) is 0 Å². The van der Waals surface area contributed by atoms with Crippen LogP contribution in [0.5, 0.6) is 0 Å². The molecule has 1 aliphatic rings. The van der Waals surface area contributed by atoms with E-state index in [1.54, 1.807) is 0 Å². The number of hydrogen-bond acceptors (Lipinski definition) is 0. The molecule has 0 nitrogen and oxygen atoms in total. The molecule has 1 saturated carbocycles. The maximum Gasteiger partial charge on any atom is 0.0703 e. The van der Waals surface area contributed by atoms with Crippen molar-refractivity contribution in [3.63, 3.8) is 0 Å². The molecule has 0 aromatic carbocycles. The minimum atomic E-state index is 0.505. The van der Waals surface area contributed by atoms with Gasteiger partial charge >= 0.3 is 0 Å². The predicted molar refractivity (Wildman–Crippen MR) is 41.7 cm³/mol. The molecule has 2 atom stereocenters. The third kappa shape index (κ3) is 1.50. The minimum absolute atomic E-state index is 0.505. The van der Waals surface area contributed by atoms with Gasteiger partial charge in [0.25, 0.3) is 0 Å². The summed E-state index contributed by atoms with van der Waals surface area (Å²) in [5.41, 5.74) is 0. The first kappa shape index (κ1) is 7.18. The monoisotopic (exact) mass is 122 g/mol. The van der Waals surface area contributed by atoms with E-state index >= 15 is 0 Å². The molecular weight excluding hydrogens is 107 g/mol. The van der Waals surface area contributed by atoms with Crippen LogP contribution in [-0.4, -0.2) is 7.85 Å². The van der Waals surface area contributed by atoms with E-state index in [2.05, 4.69) is 13.8 Å². The number of rotatable bonds is 1. The quantitative estimate of drug-likeness (QED) is 0.468. The highest BCUT2D eigenvalue weighted by Crippen LogP contribution is 2.38. The van der Waals surface area contributed by atoms with Gasteiger partial charge in [0.2, 0.25) is 0 Å². The van der Waals surface area contributed by atoms with Crippen molar-refractivity contribution >= 4 is 7.85 Å². The molecule has 1 rings (SSSR count). The molecule has 0 saturated heterocycles. The zero-order valence-corrected chi connectivity index (χ0v) is 6.43. The van der Waals surface area contributed by atoms with E-state index in [4.69, 9.17) is 7.85 Å². The Labute approximate surface area is 59.4 Å². The summed E-state index contributed by atoms with van der Waals surface area (Å²) in [4.78, 5) is 0. The van der Waals surface area contributed by atoms with Gasteiger partial charge in [0.1, 0.15) is 0 Å². The molecule has 0 unspecified atom stereocenters. The molecule has 1 fully saturated rings. The summed E-state index contributed by atoms with van der Waals surface area (Å²) in [6.45, 7) is 4.55. The fraction of sp³-hybridized carbons (Fsp3) is 1.00. The van der Waals surface area contributed by atoms with Gasteiger partial charge in [-0.05, 0) is 11.8 Å². The van der Waals surface area contributed by atoms with E-state index in [1.165, 1.54) is 19.3 Å². The van der Waals surface area contributed by atoms with Gasteiger partial charge in [0.05, 0.1) is 7.85 Å². The van der Waals surface area contributed by atoms with Crippen LogP contribution in [0.1, 0.15) is 33.1 Å². The Morgan fingerprint density at radius 1 is 1.33 bits per heavy atom. The fourth-order valence-corrected chi connectivity index (χ4v) is 1.85. The summed E-state index contributed by atoms with van der Waals surface area (Å²) in [5, 5.41) is 0. The second-order valence-electron chi connectivity index (χ2n) is 3.50. The topological polar surface area (TPSA) is 0 Å². The summed E-state index contributed by atoms with van der Waals surface area (Å²) >= 11 is 0. The van der Waals surface area contributed by atoms with Crippen LogP contribution in [-0.2, 0) is 0 Å². The van der Waals surface area contributed by atoms with Crippen molar-refractivity contribution < 1.29 is 0 Å². The second kappa shape index (κ2) is 2.77. The molecule has 0 bridgehead atoms. The Morgan fingerprint density at radius 3 is 2.22 bits per heavy atom. The first-order valence-corrected chi connectivity index (χ1v) is 3.97. The molecule has 0 aliphatic heterocycles. The van der Waals surface area contributed by atoms with E-state index in [-0.39, 0.29) is 0 Å². The van der Waals surface area contributed by atoms with Crippen LogP contribution in [0, 0.1) is 11.8 Å². The molecule has 50 valence electrons. The van der Waals surface area contributed by atoms with E-state index in [9.17, 15) is 0 Å². The van der Waals surface area contributed by atoms with E-state index in [0.717, 1.165) is 11.8 Å². The van der Waals surface area contributed by atoms with Crippen molar-refractivity contribution in [1.29, 1.82) is 0 Å². The van der Waals surface area contributed by atoms with Crippen molar-refractivity contribution in [2.45, 2.75) is 38.9 Å². The normalized spacial score (nSPS) is 35.9. The molecule has 9 heavy (non-hydrogen) atoms. The Bertz CT molecular complexity index is 88.6. The first-order chi connectivity index (χ1) is 4.22. The van der Waals surface area contributed by atoms with Gasteiger partial charge in [-0.1, -0.05) is 38.9 Å². The Hall–Kier alpha value is 0.0649. The zero-order chi connectivity index (χ0) is 6.85. The molecule has 0 N–H and O–H groups in total. The Morgan fingerprint density at radius 2 is 2.00 bits per heavy atom. The lowest BCUT2D eigenvalue weighted by atomic mass is 9.74. The average molecular weight is 122 g/mol. The van der Waals surface area contributed by atoms with E-state index in [0.29, 0.717) is 5.82 Å². The molecule has 0 spiro atoms. The highest BCUT2D eigenvalue weighted by molar-refractivity contribution is 6.12. The molecule has 1 heteroatoms. The third-order valence-corrected chi connectivity index (χ3v) is 2.48. The molecule has 0 amide bonds. The van der Waals surface area contributed by atoms with Gasteiger partial charge < -0.3 is 0 Å². The van der Waals surface area contributed by atoms with Gasteiger partial charge in [0.15, 0.2) is 0 Å². The Kier molecular flexibility index (Phi) is 2.20. The van der Waals surface area contributed by atoms with Crippen molar-refractivity contribution in [1.82, 2.24) is 0 Å². The smallest absolute Gasteiger partial charge is 0.0703 e. The van der Waals surface area contributed by atoms with Gasteiger partial charge in [-0.25, -0.2) is 0 Å². The maximum atomic E-state index is 5.88. The van der Waals surface area contributed by atoms with Crippen LogP contribution in [0.15, 0.2) is 0 Å². The molecular formula is C8H15B. The summed E-state index contributed by atoms with van der Waals surface area (Å²) < 4.78 is 0. The lowest BCUT2D eigenvalue weighted by molar-refractivity contribution is 0.397. The highest BCUT2D eigenvalue weighted by atomic mass is 14.3. The van der Waals surface area contributed by atoms with Crippen molar-refractivity contribution in [2.75, 3.05) is 0 Å². The van der Waals surface area contributed by atoms with Crippen molar-refractivity contribution in [2.24, 2.45) is 11.8 Å². The SMILES string of the molecule is [B][C@@H]1CCC[C@H]1C(C)C. The summed E-state index contributed by atoms with van der Waals surface area (Å²) in [7, 11) is 5.88. The zero-order valence-electron chi connectivity index (χ0n) is 6.43. The lowest BCUT2D eigenvalue weighted by Gasteiger charge is -2.18. The predicted octanol–water partition coefficient (Wildman–Crippen LogP) is 2.40. The van der Waals surface area contributed by atoms with E-state index in [1.807, 2.05) is 0 Å². The van der Waals surface area contributed by atoms with Crippen LogP contribution in [0.3, 0.4) is 0 Å². The van der Waals surface area contributed by atoms with Crippen molar-refractivity contribution in [3.05, 3.63) is 0 Å². The lowest BCUT2D eigenvalue weighted by Crippen LogP contribution is -2.09. The third-order valence-electron chi connectivity index (χ3n) is 2.48. The molecule has 0 aromatic heterocycles. The minimum Gasteiger partial charge on any atom is -0.0744 e. The van der Waals surface area contributed by atoms with Crippen LogP contribution in [0.4, 0.5) is 0 Å². The van der Waals surface area contributed by atoms with Gasteiger partial charge in [0, 0.05) is 0 Å². The molecule has 1 aliphatic carbocycles. The summed E-state index contributed by atoms with van der Waals surface area (Å²) in [6.07, 6.45) is 3.96. The summed E-state index contributed by atoms with van der Waals surface area (Å²) in [5.74, 6) is 2.11. The van der Waals surface area contributed by atoms with Crippen LogP contribution in [0.2, 0.25) is 5.82 Å². The average Bonchev–Trinajstić information content (AvgIpc) is 2.13. The maximum absolute atomic E-state index is 5.88. The molecule has 2 radical (unpaired) electrons. The standard InChI is InChI=1S/C8H15B/c1-6(2)7-4-3-5-8(7)9/h6-8H,3-5H2,1-2H3/t7-,8+/m0/s1. The largest absolute Gasteiger partial charge is 0.0744 e. The van der Waals surface area contributed by atoms with Gasteiger partial charge in [-0.15, -0.1) is 0 Å².